The number of benzene rings is 1. The average molecular weight is 266 g/mol. The minimum absolute atomic E-state index is 0.111. The molecular weight excluding hydrogens is 254 g/mol. The predicted molar refractivity (Wildman–Crippen MR) is 68.4 cm³/mol. The lowest BCUT2D eigenvalue weighted by Gasteiger charge is -2.09. The lowest BCUT2D eigenvalue weighted by atomic mass is 10.3. The fraction of sp³-hybridized carbons (Fsp3) is 0.0833. The molecule has 7 heteroatoms. The molecule has 0 aliphatic rings. The van der Waals surface area contributed by atoms with E-state index in [0.29, 0.717) is 5.82 Å². The van der Waals surface area contributed by atoms with E-state index in [1.165, 1.54) is 12.1 Å². The zero-order valence-electron chi connectivity index (χ0n) is 9.81. The average Bonchev–Trinajstić information content (AvgIpc) is 2.41. The molecule has 19 heavy (non-hydrogen) atoms. The standard InChI is InChI=1S/C12H12F2N4O/c13-12(14)19-10-3-1-8(2-4-10)17-9-5-6-16-11(7-9)18-15/h1-7,12H,15H2,(H2,16,17,18). The van der Waals surface area contributed by atoms with E-state index >= 15 is 0 Å². The molecule has 0 unspecified atom stereocenters. The second-order valence-corrected chi connectivity index (χ2v) is 3.60. The first-order chi connectivity index (χ1) is 9.17. The molecule has 1 aromatic carbocycles. The van der Waals surface area contributed by atoms with Gasteiger partial charge in [0.1, 0.15) is 11.6 Å². The van der Waals surface area contributed by atoms with E-state index in [4.69, 9.17) is 5.84 Å². The van der Waals surface area contributed by atoms with E-state index in [9.17, 15) is 8.78 Å². The van der Waals surface area contributed by atoms with Crippen LogP contribution in [0, 0.1) is 0 Å². The molecule has 2 aromatic rings. The number of nitrogens with zero attached hydrogens (tertiary/aromatic N) is 1. The number of anilines is 3. The van der Waals surface area contributed by atoms with Crippen LogP contribution < -0.4 is 21.3 Å². The van der Waals surface area contributed by atoms with Gasteiger partial charge in [0.25, 0.3) is 0 Å². The molecule has 0 atom stereocenters. The van der Waals surface area contributed by atoms with Crippen LogP contribution in [0.2, 0.25) is 0 Å². The summed E-state index contributed by atoms with van der Waals surface area (Å²) >= 11 is 0. The van der Waals surface area contributed by atoms with Gasteiger partial charge in [-0.1, -0.05) is 0 Å². The van der Waals surface area contributed by atoms with Crippen molar-refractivity contribution in [1.29, 1.82) is 0 Å². The van der Waals surface area contributed by atoms with Crippen LogP contribution in [0.4, 0.5) is 26.0 Å². The van der Waals surface area contributed by atoms with Crippen LogP contribution in [-0.4, -0.2) is 11.6 Å². The van der Waals surface area contributed by atoms with Gasteiger partial charge in [0.05, 0.1) is 0 Å². The third-order valence-electron chi connectivity index (χ3n) is 2.28. The van der Waals surface area contributed by atoms with Crippen molar-refractivity contribution < 1.29 is 13.5 Å². The van der Waals surface area contributed by atoms with Crippen LogP contribution in [-0.2, 0) is 0 Å². The molecule has 0 bridgehead atoms. The number of hydrogen-bond acceptors (Lipinski definition) is 5. The van der Waals surface area contributed by atoms with Crippen LogP contribution in [0.1, 0.15) is 0 Å². The van der Waals surface area contributed by atoms with Crippen molar-refractivity contribution in [3.8, 4) is 5.75 Å². The lowest BCUT2D eigenvalue weighted by molar-refractivity contribution is -0.0498. The van der Waals surface area contributed by atoms with Gasteiger partial charge in [-0.05, 0) is 30.3 Å². The highest BCUT2D eigenvalue weighted by molar-refractivity contribution is 5.62. The summed E-state index contributed by atoms with van der Waals surface area (Å²) in [6.07, 6.45) is 1.59. The first-order valence-electron chi connectivity index (χ1n) is 5.42. The highest BCUT2D eigenvalue weighted by atomic mass is 19.3. The van der Waals surface area contributed by atoms with E-state index in [-0.39, 0.29) is 5.75 Å². The molecule has 0 saturated heterocycles. The Balaban J connectivity index is 2.06. The van der Waals surface area contributed by atoms with Crippen LogP contribution in [0.15, 0.2) is 42.6 Å². The zero-order valence-corrected chi connectivity index (χ0v) is 9.81. The van der Waals surface area contributed by atoms with Crippen LogP contribution in [0.3, 0.4) is 0 Å². The number of alkyl halides is 2. The molecule has 0 amide bonds. The van der Waals surface area contributed by atoms with Gasteiger partial charge in [0.15, 0.2) is 0 Å². The van der Waals surface area contributed by atoms with Crippen LogP contribution in [0.25, 0.3) is 0 Å². The number of ether oxygens (including phenoxy) is 1. The highest BCUT2D eigenvalue weighted by Crippen LogP contribution is 2.21. The first-order valence-corrected chi connectivity index (χ1v) is 5.42. The van der Waals surface area contributed by atoms with Gasteiger partial charge in [-0.3, -0.25) is 0 Å². The molecule has 5 nitrogen and oxygen atoms in total. The maximum Gasteiger partial charge on any atom is 0.387 e. The van der Waals surface area contributed by atoms with Crippen LogP contribution in [0.5, 0.6) is 5.75 Å². The maximum absolute atomic E-state index is 12.0. The fourth-order valence-electron chi connectivity index (χ4n) is 1.47. The normalized spacial score (nSPS) is 10.3. The number of hydrazine groups is 1. The van der Waals surface area contributed by atoms with Crippen molar-refractivity contribution in [2.75, 3.05) is 10.7 Å². The third kappa shape index (κ3) is 3.78. The second kappa shape index (κ2) is 5.96. The smallest absolute Gasteiger partial charge is 0.387 e. The summed E-state index contributed by atoms with van der Waals surface area (Å²) in [6.45, 7) is -2.82. The summed E-state index contributed by atoms with van der Waals surface area (Å²) in [5.41, 5.74) is 3.93. The molecule has 0 radical (unpaired) electrons. The second-order valence-electron chi connectivity index (χ2n) is 3.60. The molecule has 0 spiro atoms. The number of hydrogen-bond donors (Lipinski definition) is 3. The maximum atomic E-state index is 12.0. The molecule has 2 rings (SSSR count). The highest BCUT2D eigenvalue weighted by Gasteiger charge is 2.03. The zero-order chi connectivity index (χ0) is 13.7. The number of nitrogen functional groups attached to an aromatic ring is 1. The van der Waals surface area contributed by atoms with Crippen molar-refractivity contribution in [2.45, 2.75) is 6.61 Å². The SMILES string of the molecule is NNc1cc(Nc2ccc(OC(F)F)cc2)ccn1. The summed E-state index contributed by atoms with van der Waals surface area (Å²) in [5, 5.41) is 3.08. The Morgan fingerprint density at radius 1 is 1.11 bits per heavy atom. The van der Waals surface area contributed by atoms with Crippen molar-refractivity contribution in [1.82, 2.24) is 4.98 Å². The fourth-order valence-corrected chi connectivity index (χ4v) is 1.47. The van der Waals surface area contributed by atoms with Gasteiger partial charge in [-0.15, -0.1) is 0 Å². The van der Waals surface area contributed by atoms with Crippen molar-refractivity contribution in [3.05, 3.63) is 42.6 Å². The van der Waals surface area contributed by atoms with Gasteiger partial charge in [-0.25, -0.2) is 10.8 Å². The van der Waals surface area contributed by atoms with Crippen molar-refractivity contribution in [2.24, 2.45) is 5.84 Å². The van der Waals surface area contributed by atoms with Crippen LogP contribution >= 0.6 is 0 Å². The van der Waals surface area contributed by atoms with E-state index in [2.05, 4.69) is 20.5 Å². The Bertz CT molecular complexity index is 534. The summed E-state index contributed by atoms with van der Waals surface area (Å²) < 4.78 is 28.2. The number of halogens is 2. The monoisotopic (exact) mass is 266 g/mol. The Hall–Kier alpha value is -2.41. The predicted octanol–water partition coefficient (Wildman–Crippen LogP) is 2.71. The Kier molecular flexibility index (Phi) is 4.09. The minimum atomic E-state index is -2.82. The Morgan fingerprint density at radius 3 is 2.47 bits per heavy atom. The molecule has 1 aromatic heterocycles. The summed E-state index contributed by atoms with van der Waals surface area (Å²) in [5.74, 6) is 5.88. The van der Waals surface area contributed by atoms with Gasteiger partial charge < -0.3 is 15.5 Å². The molecule has 4 N–H and O–H groups in total. The van der Waals surface area contributed by atoms with E-state index in [1.807, 2.05) is 0 Å². The van der Waals surface area contributed by atoms with Gasteiger partial charge in [0.2, 0.25) is 0 Å². The molecule has 1 heterocycles. The quantitative estimate of drug-likeness (QED) is 0.573. The largest absolute Gasteiger partial charge is 0.435 e. The van der Waals surface area contributed by atoms with Gasteiger partial charge in [-0.2, -0.15) is 8.78 Å². The third-order valence-corrected chi connectivity index (χ3v) is 2.28. The number of rotatable bonds is 5. The topological polar surface area (TPSA) is 72.2 Å². The molecule has 100 valence electrons. The van der Waals surface area contributed by atoms with E-state index < -0.39 is 6.61 Å². The summed E-state index contributed by atoms with van der Waals surface area (Å²) in [7, 11) is 0. The number of nitrogens with one attached hydrogen (secondary N) is 2. The molecule has 0 fully saturated rings. The molecule has 0 aliphatic carbocycles. The van der Waals surface area contributed by atoms with Gasteiger partial charge in [0, 0.05) is 23.6 Å². The molecule has 0 aliphatic heterocycles. The summed E-state index contributed by atoms with van der Waals surface area (Å²) in [6, 6.07) is 9.64. The Morgan fingerprint density at radius 2 is 1.84 bits per heavy atom. The van der Waals surface area contributed by atoms with Crippen molar-refractivity contribution in [3.63, 3.8) is 0 Å². The number of pyridine rings is 1. The lowest BCUT2D eigenvalue weighted by Crippen LogP contribution is -2.08. The molecular formula is C12H12F2N4O. The molecule has 0 saturated carbocycles. The Labute approximate surface area is 108 Å². The summed E-state index contributed by atoms with van der Waals surface area (Å²) in [4.78, 5) is 3.97. The van der Waals surface area contributed by atoms with Crippen molar-refractivity contribution >= 4 is 17.2 Å². The van der Waals surface area contributed by atoms with E-state index in [0.717, 1.165) is 11.4 Å². The minimum Gasteiger partial charge on any atom is -0.435 e. The van der Waals surface area contributed by atoms with E-state index in [1.54, 1.807) is 30.5 Å². The number of nitrogens with two attached hydrogens (primary N) is 1. The number of aromatic nitrogens is 1. The first kappa shape index (κ1) is 13.0. The van der Waals surface area contributed by atoms with Gasteiger partial charge >= 0.3 is 6.61 Å².